The summed E-state index contributed by atoms with van der Waals surface area (Å²) in [6.07, 6.45) is -5.81. The number of nitrogens with zero attached hydrogens (tertiary/aromatic N) is 1. The lowest BCUT2D eigenvalue weighted by Crippen LogP contribution is -2.61. The molecule has 1 aromatic heterocycles. The van der Waals surface area contributed by atoms with Crippen LogP contribution < -0.4 is 4.74 Å². The number of hydrogen-bond acceptors (Lipinski definition) is 12. The van der Waals surface area contributed by atoms with Crippen LogP contribution in [0.2, 0.25) is 15.2 Å². The first-order valence-electron chi connectivity index (χ1n) is 9.45. The second-order valence-electron chi connectivity index (χ2n) is 6.69. The SMILES string of the molecule is COc1nc(Cl)c(SC2OC(OC(C)=O)C(OC(C)=O)C(OC(C)=O)C2OC(C)=O)c(Cl)c1Cl. The highest BCUT2D eigenvalue weighted by Crippen LogP contribution is 2.46. The lowest BCUT2D eigenvalue weighted by molar-refractivity contribution is -0.280. The number of carbonyl (C=O) groups excluding carboxylic acids is 4. The maximum Gasteiger partial charge on any atom is 0.305 e. The van der Waals surface area contributed by atoms with E-state index in [0.29, 0.717) is 0 Å². The molecule has 2 heterocycles. The third kappa shape index (κ3) is 7.01. The van der Waals surface area contributed by atoms with Crippen LogP contribution in [-0.4, -0.2) is 66.0 Å². The molecule has 34 heavy (non-hydrogen) atoms. The fourth-order valence-corrected chi connectivity index (χ4v) is 4.93. The largest absolute Gasteiger partial charge is 0.480 e. The van der Waals surface area contributed by atoms with E-state index in [1.165, 1.54) is 7.11 Å². The number of methoxy groups -OCH3 is 1. The van der Waals surface area contributed by atoms with E-state index in [1.807, 2.05) is 0 Å². The predicted molar refractivity (Wildman–Crippen MR) is 119 cm³/mol. The average molecular weight is 561 g/mol. The molecule has 0 bridgehead atoms. The predicted octanol–water partition coefficient (Wildman–Crippen LogP) is 3.18. The summed E-state index contributed by atoms with van der Waals surface area (Å²) in [6.45, 7) is 4.38. The quantitative estimate of drug-likeness (QED) is 0.275. The van der Waals surface area contributed by atoms with Crippen LogP contribution in [0.25, 0.3) is 0 Å². The second kappa shape index (κ2) is 12.1. The van der Waals surface area contributed by atoms with Gasteiger partial charge in [-0.2, -0.15) is 4.98 Å². The van der Waals surface area contributed by atoms with Crippen molar-refractivity contribution in [2.75, 3.05) is 7.11 Å². The molecule has 0 aromatic carbocycles. The van der Waals surface area contributed by atoms with E-state index >= 15 is 0 Å². The van der Waals surface area contributed by atoms with Crippen molar-refractivity contribution in [3.8, 4) is 5.88 Å². The molecule has 0 spiro atoms. The Morgan fingerprint density at radius 1 is 0.794 bits per heavy atom. The number of aromatic nitrogens is 1. The van der Waals surface area contributed by atoms with Crippen molar-refractivity contribution >= 4 is 70.4 Å². The Morgan fingerprint density at radius 2 is 1.29 bits per heavy atom. The van der Waals surface area contributed by atoms with E-state index in [4.69, 9.17) is 63.2 Å². The van der Waals surface area contributed by atoms with Gasteiger partial charge in [0.25, 0.3) is 0 Å². The van der Waals surface area contributed by atoms with Gasteiger partial charge in [-0.05, 0) is 0 Å². The standard InChI is InChI=1S/C19H20Cl3NO10S/c1-6(24)29-12-13(30-7(2)25)18(32-9(4)27)33-19(14(12)31-8(3)26)34-15-10(20)11(21)17(28-5)23-16(15)22/h12-14,18-19H,1-5H3. The molecule has 1 aromatic rings. The van der Waals surface area contributed by atoms with E-state index in [2.05, 4.69) is 4.98 Å². The zero-order chi connectivity index (χ0) is 25.7. The summed E-state index contributed by atoms with van der Waals surface area (Å²) in [4.78, 5) is 51.2. The monoisotopic (exact) mass is 559 g/mol. The molecule has 1 saturated heterocycles. The lowest BCUT2D eigenvalue weighted by Gasteiger charge is -2.43. The van der Waals surface area contributed by atoms with Crippen LogP contribution in [0.4, 0.5) is 0 Å². The second-order valence-corrected chi connectivity index (χ2v) is 8.91. The smallest absolute Gasteiger partial charge is 0.305 e. The van der Waals surface area contributed by atoms with Crippen LogP contribution in [0.15, 0.2) is 4.90 Å². The fourth-order valence-electron chi connectivity index (χ4n) is 2.92. The molecule has 188 valence electrons. The molecule has 1 fully saturated rings. The minimum absolute atomic E-state index is 0.0346. The highest BCUT2D eigenvalue weighted by Gasteiger charge is 2.54. The molecular weight excluding hydrogens is 541 g/mol. The van der Waals surface area contributed by atoms with E-state index in [9.17, 15) is 19.2 Å². The number of carbonyl (C=O) groups is 4. The number of pyridine rings is 1. The van der Waals surface area contributed by atoms with Gasteiger partial charge in [-0.1, -0.05) is 46.6 Å². The van der Waals surface area contributed by atoms with Gasteiger partial charge < -0.3 is 28.4 Å². The summed E-state index contributed by atoms with van der Waals surface area (Å²) >= 11 is 19.5. The first kappa shape index (κ1) is 28.2. The molecule has 2 rings (SSSR count). The molecule has 0 amide bonds. The van der Waals surface area contributed by atoms with Crippen LogP contribution in [0.3, 0.4) is 0 Å². The van der Waals surface area contributed by atoms with Gasteiger partial charge in [0, 0.05) is 27.7 Å². The third-order valence-corrected chi connectivity index (χ3v) is 6.60. The Balaban J connectivity index is 2.58. The van der Waals surface area contributed by atoms with E-state index in [0.717, 1.165) is 39.5 Å². The molecule has 11 nitrogen and oxygen atoms in total. The summed E-state index contributed by atoms with van der Waals surface area (Å²) in [5.41, 5.74) is -1.24. The maximum absolute atomic E-state index is 11.9. The minimum Gasteiger partial charge on any atom is -0.480 e. The van der Waals surface area contributed by atoms with Gasteiger partial charge >= 0.3 is 23.9 Å². The van der Waals surface area contributed by atoms with Crippen molar-refractivity contribution in [1.29, 1.82) is 0 Å². The average Bonchev–Trinajstić information content (AvgIpc) is 2.71. The molecule has 1 aliphatic heterocycles. The van der Waals surface area contributed by atoms with Crippen molar-refractivity contribution in [3.63, 3.8) is 0 Å². The Morgan fingerprint density at radius 3 is 1.79 bits per heavy atom. The van der Waals surface area contributed by atoms with Crippen LogP contribution >= 0.6 is 46.6 Å². The molecular formula is C19H20Cl3NO10S. The van der Waals surface area contributed by atoms with Gasteiger partial charge in [-0.25, -0.2) is 0 Å². The molecule has 0 radical (unpaired) electrons. The van der Waals surface area contributed by atoms with Crippen molar-refractivity contribution in [2.24, 2.45) is 0 Å². The molecule has 0 N–H and O–H groups in total. The van der Waals surface area contributed by atoms with Crippen LogP contribution in [0.1, 0.15) is 27.7 Å². The van der Waals surface area contributed by atoms with E-state index in [1.54, 1.807) is 0 Å². The van der Waals surface area contributed by atoms with E-state index in [-0.39, 0.29) is 26.0 Å². The molecule has 1 aliphatic rings. The minimum atomic E-state index is -1.55. The number of rotatable bonds is 7. The molecule has 15 heteroatoms. The van der Waals surface area contributed by atoms with Gasteiger partial charge in [0.15, 0.2) is 17.6 Å². The Labute approximate surface area is 213 Å². The summed E-state index contributed by atoms with van der Waals surface area (Å²) in [6, 6.07) is 0. The maximum atomic E-state index is 11.9. The number of hydrogen-bond donors (Lipinski definition) is 0. The van der Waals surface area contributed by atoms with E-state index < -0.39 is 53.9 Å². The first-order chi connectivity index (χ1) is 15.8. The molecule has 5 unspecified atom stereocenters. The molecule has 0 aliphatic carbocycles. The highest BCUT2D eigenvalue weighted by molar-refractivity contribution is 8.00. The van der Waals surface area contributed by atoms with Crippen molar-refractivity contribution < 1.29 is 47.6 Å². The third-order valence-electron chi connectivity index (χ3n) is 4.03. The number of thioether (sulfide) groups is 1. The van der Waals surface area contributed by atoms with Gasteiger partial charge in [-0.3, -0.25) is 19.2 Å². The zero-order valence-electron chi connectivity index (χ0n) is 18.5. The summed E-state index contributed by atoms with van der Waals surface area (Å²) in [5.74, 6) is -3.19. The summed E-state index contributed by atoms with van der Waals surface area (Å²) < 4.78 is 31.8. The van der Waals surface area contributed by atoms with Crippen molar-refractivity contribution in [1.82, 2.24) is 4.98 Å². The Bertz CT molecular complexity index is 978. The van der Waals surface area contributed by atoms with Crippen LogP contribution in [0.5, 0.6) is 5.88 Å². The van der Waals surface area contributed by atoms with Crippen LogP contribution in [0, 0.1) is 0 Å². The van der Waals surface area contributed by atoms with Gasteiger partial charge in [0.2, 0.25) is 18.3 Å². The summed E-state index contributed by atoms with van der Waals surface area (Å²) in [5, 5.41) is -0.234. The fraction of sp³-hybridized carbons (Fsp3) is 0.526. The molecule has 5 atom stereocenters. The van der Waals surface area contributed by atoms with Crippen molar-refractivity contribution in [3.05, 3.63) is 15.2 Å². The highest BCUT2D eigenvalue weighted by atomic mass is 35.5. The number of halogens is 3. The van der Waals surface area contributed by atoms with Crippen LogP contribution in [-0.2, 0) is 42.9 Å². The Kier molecular flexibility index (Phi) is 10.1. The molecule has 0 saturated carbocycles. The normalized spacial score (nSPS) is 24.1. The number of ether oxygens (including phenoxy) is 6. The van der Waals surface area contributed by atoms with Gasteiger partial charge in [0.1, 0.15) is 10.2 Å². The lowest BCUT2D eigenvalue weighted by atomic mass is 10.0. The van der Waals surface area contributed by atoms with Gasteiger partial charge in [0.05, 0.1) is 17.0 Å². The topological polar surface area (TPSA) is 137 Å². The number of esters is 4. The zero-order valence-corrected chi connectivity index (χ0v) is 21.5. The van der Waals surface area contributed by atoms with Crippen molar-refractivity contribution in [2.45, 2.75) is 62.6 Å². The first-order valence-corrected chi connectivity index (χ1v) is 11.5. The van der Waals surface area contributed by atoms with Gasteiger partial charge in [-0.15, -0.1) is 0 Å². The Hall–Kier alpha value is -1.99. The summed E-state index contributed by atoms with van der Waals surface area (Å²) in [7, 11) is 1.32.